The first-order valence-corrected chi connectivity index (χ1v) is 7.96. The summed E-state index contributed by atoms with van der Waals surface area (Å²) in [6.45, 7) is 17.4. The Labute approximate surface area is 124 Å². The van der Waals surface area contributed by atoms with Crippen LogP contribution in [0.5, 0.6) is 0 Å². The summed E-state index contributed by atoms with van der Waals surface area (Å²) >= 11 is 0. The van der Waals surface area contributed by atoms with Gasteiger partial charge in [-0.2, -0.15) is 0 Å². The molecule has 0 aromatic carbocycles. The largest absolute Gasteiger partial charge is 0.348 e. The van der Waals surface area contributed by atoms with Gasteiger partial charge in [-0.1, -0.05) is 41.5 Å². The van der Waals surface area contributed by atoms with Gasteiger partial charge in [0, 0.05) is 24.0 Å². The molecule has 1 aliphatic rings. The summed E-state index contributed by atoms with van der Waals surface area (Å²) in [5, 5.41) is 0. The summed E-state index contributed by atoms with van der Waals surface area (Å²) in [6, 6.07) is 2.53. The van der Waals surface area contributed by atoms with Gasteiger partial charge in [-0.3, -0.25) is 0 Å². The first kappa shape index (κ1) is 15.6. The van der Waals surface area contributed by atoms with E-state index < -0.39 is 0 Å². The molecule has 2 heteroatoms. The van der Waals surface area contributed by atoms with E-state index in [1.807, 2.05) is 0 Å². The lowest BCUT2D eigenvalue weighted by Crippen LogP contribution is -2.31. The SMILES string of the molecule is Cc1cc2c(n1CC(C)C(C)(C)C)CC(C)(C)CC2N. The van der Waals surface area contributed by atoms with Gasteiger partial charge in [0.25, 0.3) is 0 Å². The average molecular weight is 276 g/mol. The van der Waals surface area contributed by atoms with Crippen LogP contribution in [0, 0.1) is 23.7 Å². The van der Waals surface area contributed by atoms with E-state index in [1.165, 1.54) is 17.0 Å². The molecule has 2 rings (SSSR count). The molecule has 114 valence electrons. The van der Waals surface area contributed by atoms with E-state index in [4.69, 9.17) is 5.73 Å². The van der Waals surface area contributed by atoms with Crippen LogP contribution in [0.1, 0.15) is 71.0 Å². The van der Waals surface area contributed by atoms with Crippen LogP contribution < -0.4 is 5.73 Å². The summed E-state index contributed by atoms with van der Waals surface area (Å²) in [4.78, 5) is 0. The van der Waals surface area contributed by atoms with Crippen LogP contribution in [0.15, 0.2) is 6.07 Å². The van der Waals surface area contributed by atoms with Gasteiger partial charge in [-0.25, -0.2) is 0 Å². The monoisotopic (exact) mass is 276 g/mol. The van der Waals surface area contributed by atoms with Crippen molar-refractivity contribution >= 4 is 0 Å². The third-order valence-electron chi connectivity index (χ3n) is 5.20. The molecule has 2 N–H and O–H groups in total. The Morgan fingerprint density at radius 3 is 2.55 bits per heavy atom. The third kappa shape index (κ3) is 2.95. The summed E-state index contributed by atoms with van der Waals surface area (Å²) in [5.41, 5.74) is 11.3. The molecule has 20 heavy (non-hydrogen) atoms. The molecular formula is C18H32N2. The van der Waals surface area contributed by atoms with Crippen molar-refractivity contribution < 1.29 is 0 Å². The lowest BCUT2D eigenvalue weighted by atomic mass is 9.74. The van der Waals surface area contributed by atoms with Crippen LogP contribution in [0.2, 0.25) is 0 Å². The molecular weight excluding hydrogens is 244 g/mol. The van der Waals surface area contributed by atoms with Gasteiger partial charge in [0.2, 0.25) is 0 Å². The molecule has 0 radical (unpaired) electrons. The first-order chi connectivity index (χ1) is 9.01. The van der Waals surface area contributed by atoms with Crippen LogP contribution in [0.4, 0.5) is 0 Å². The molecule has 1 heterocycles. The van der Waals surface area contributed by atoms with E-state index >= 15 is 0 Å². The second-order valence-corrected chi connectivity index (χ2v) is 8.72. The molecule has 0 spiro atoms. The third-order valence-corrected chi connectivity index (χ3v) is 5.20. The summed E-state index contributed by atoms with van der Waals surface area (Å²) in [7, 11) is 0. The van der Waals surface area contributed by atoms with E-state index in [0.29, 0.717) is 16.7 Å². The summed E-state index contributed by atoms with van der Waals surface area (Å²) in [6.07, 6.45) is 2.25. The topological polar surface area (TPSA) is 30.9 Å². The van der Waals surface area contributed by atoms with Crippen LogP contribution in [0.3, 0.4) is 0 Å². The smallest absolute Gasteiger partial charge is 0.0318 e. The second-order valence-electron chi connectivity index (χ2n) is 8.72. The van der Waals surface area contributed by atoms with Gasteiger partial charge in [0.15, 0.2) is 0 Å². The van der Waals surface area contributed by atoms with E-state index in [9.17, 15) is 0 Å². The summed E-state index contributed by atoms with van der Waals surface area (Å²) in [5.74, 6) is 0.652. The minimum absolute atomic E-state index is 0.207. The Hall–Kier alpha value is -0.760. The molecule has 2 unspecified atom stereocenters. The zero-order chi connectivity index (χ0) is 15.3. The van der Waals surface area contributed by atoms with E-state index in [0.717, 1.165) is 19.4 Å². The maximum atomic E-state index is 6.41. The van der Waals surface area contributed by atoms with Crippen molar-refractivity contribution in [2.45, 2.75) is 73.9 Å². The van der Waals surface area contributed by atoms with Gasteiger partial charge in [-0.05, 0) is 48.1 Å². The molecule has 0 amide bonds. The number of hydrogen-bond acceptors (Lipinski definition) is 1. The number of fused-ring (bicyclic) bond motifs is 1. The van der Waals surface area contributed by atoms with Crippen molar-refractivity contribution in [1.29, 1.82) is 0 Å². The van der Waals surface area contributed by atoms with Crippen LogP contribution in [-0.4, -0.2) is 4.57 Å². The number of aryl methyl sites for hydroxylation is 1. The lowest BCUT2D eigenvalue weighted by Gasteiger charge is -2.36. The zero-order valence-corrected chi connectivity index (χ0v) is 14.4. The van der Waals surface area contributed by atoms with Crippen molar-refractivity contribution in [1.82, 2.24) is 4.57 Å². The van der Waals surface area contributed by atoms with Crippen molar-refractivity contribution in [3.05, 3.63) is 23.0 Å². The van der Waals surface area contributed by atoms with Gasteiger partial charge < -0.3 is 10.3 Å². The number of hydrogen-bond donors (Lipinski definition) is 1. The average Bonchev–Trinajstić information content (AvgIpc) is 2.54. The molecule has 0 saturated carbocycles. The van der Waals surface area contributed by atoms with Crippen molar-refractivity contribution in [3.8, 4) is 0 Å². The Kier molecular flexibility index (Phi) is 3.83. The highest BCUT2D eigenvalue weighted by molar-refractivity contribution is 5.34. The number of rotatable bonds is 2. The summed E-state index contributed by atoms with van der Waals surface area (Å²) < 4.78 is 2.53. The first-order valence-electron chi connectivity index (χ1n) is 7.96. The predicted molar refractivity (Wildman–Crippen MR) is 86.8 cm³/mol. The van der Waals surface area contributed by atoms with Crippen LogP contribution in [0.25, 0.3) is 0 Å². The van der Waals surface area contributed by atoms with Crippen molar-refractivity contribution in [2.24, 2.45) is 22.5 Å². The quantitative estimate of drug-likeness (QED) is 0.850. The Bertz CT molecular complexity index is 488. The molecule has 0 saturated heterocycles. The number of nitrogens with two attached hydrogens (primary N) is 1. The maximum Gasteiger partial charge on any atom is 0.0318 e. The lowest BCUT2D eigenvalue weighted by molar-refractivity contribution is 0.222. The van der Waals surface area contributed by atoms with Crippen molar-refractivity contribution in [3.63, 3.8) is 0 Å². The zero-order valence-electron chi connectivity index (χ0n) is 14.4. The van der Waals surface area contributed by atoms with E-state index in [-0.39, 0.29) is 6.04 Å². The van der Waals surface area contributed by atoms with Gasteiger partial charge in [-0.15, -0.1) is 0 Å². The van der Waals surface area contributed by atoms with E-state index in [2.05, 4.69) is 59.1 Å². The molecule has 1 aliphatic carbocycles. The molecule has 0 aliphatic heterocycles. The van der Waals surface area contributed by atoms with Gasteiger partial charge in [0.1, 0.15) is 0 Å². The fourth-order valence-electron chi connectivity index (χ4n) is 3.31. The highest BCUT2D eigenvalue weighted by Gasteiger charge is 2.34. The normalized spacial score (nSPS) is 23.5. The Balaban J connectivity index is 2.37. The Morgan fingerprint density at radius 2 is 2.00 bits per heavy atom. The standard InChI is InChI=1S/C18H32N2/c1-12(17(3,4)5)11-20-13(2)8-14-15(19)9-18(6,7)10-16(14)20/h8,12,15H,9-11,19H2,1-7H3. The Morgan fingerprint density at radius 1 is 1.40 bits per heavy atom. The van der Waals surface area contributed by atoms with Gasteiger partial charge in [0.05, 0.1) is 0 Å². The molecule has 2 nitrogen and oxygen atoms in total. The van der Waals surface area contributed by atoms with Crippen LogP contribution >= 0.6 is 0 Å². The predicted octanol–water partition coefficient (Wildman–Crippen LogP) is 4.45. The molecule has 0 fully saturated rings. The molecule has 1 aromatic heterocycles. The number of nitrogens with zero attached hydrogens (tertiary/aromatic N) is 1. The maximum absolute atomic E-state index is 6.41. The molecule has 0 bridgehead atoms. The van der Waals surface area contributed by atoms with Crippen molar-refractivity contribution in [2.75, 3.05) is 0 Å². The van der Waals surface area contributed by atoms with Crippen LogP contribution in [-0.2, 0) is 13.0 Å². The minimum Gasteiger partial charge on any atom is -0.348 e. The fraction of sp³-hybridized carbons (Fsp3) is 0.778. The second kappa shape index (κ2) is 4.91. The number of aromatic nitrogens is 1. The molecule has 1 aromatic rings. The highest BCUT2D eigenvalue weighted by Crippen LogP contribution is 2.41. The minimum atomic E-state index is 0.207. The van der Waals surface area contributed by atoms with Gasteiger partial charge >= 0.3 is 0 Å². The molecule has 2 atom stereocenters. The van der Waals surface area contributed by atoms with E-state index in [1.54, 1.807) is 0 Å². The highest BCUT2D eigenvalue weighted by atomic mass is 15.0. The fourth-order valence-corrected chi connectivity index (χ4v) is 3.31.